The molecular weight excluding hydrogens is 396 g/mol. The molecule has 0 aromatic heterocycles. The lowest BCUT2D eigenvalue weighted by atomic mass is 10.2. The van der Waals surface area contributed by atoms with Crippen molar-refractivity contribution < 1.29 is 19.3 Å². The lowest BCUT2D eigenvalue weighted by Crippen LogP contribution is -2.44. The summed E-state index contributed by atoms with van der Waals surface area (Å²) in [6, 6.07) is 12.2. The molecule has 0 atom stereocenters. The van der Waals surface area contributed by atoms with Crippen LogP contribution in [-0.4, -0.2) is 41.1 Å². The fourth-order valence-corrected chi connectivity index (χ4v) is 3.27. The van der Waals surface area contributed by atoms with Gasteiger partial charge in [-0.15, -0.1) is 0 Å². The Labute approximate surface area is 170 Å². The fraction of sp³-hybridized carbons (Fsp3) is 0.105. The molecule has 2 aromatic rings. The number of nitrogens with zero attached hydrogens (tertiary/aromatic N) is 3. The molecule has 0 bridgehead atoms. The summed E-state index contributed by atoms with van der Waals surface area (Å²) in [6.45, 7) is 0. The number of nitro groups is 1. The average molecular weight is 412 g/mol. The first kappa shape index (κ1) is 20.1. The maximum atomic E-state index is 12.5. The zero-order chi connectivity index (χ0) is 21.1. The van der Waals surface area contributed by atoms with E-state index in [9.17, 15) is 24.5 Å². The van der Waals surface area contributed by atoms with Crippen molar-refractivity contribution in [2.24, 2.45) is 0 Å². The standard InChI is InChI=1S/C19H16N4O5S/c1-21(2)14-7-3-12(4-8-14)11-16-18(25)22(19(26)29-16)20-17(24)13-5-9-15(10-6-13)23(27)28/h3-11H,1-2H3,(H,20,24)/b16-11-. The van der Waals surface area contributed by atoms with Crippen LogP contribution in [0.25, 0.3) is 6.08 Å². The Morgan fingerprint density at radius 2 is 1.72 bits per heavy atom. The molecule has 9 nitrogen and oxygen atoms in total. The number of imide groups is 1. The van der Waals surface area contributed by atoms with Gasteiger partial charge < -0.3 is 4.90 Å². The van der Waals surface area contributed by atoms with Crippen LogP contribution in [0.4, 0.5) is 16.2 Å². The molecule has 1 fully saturated rings. The van der Waals surface area contributed by atoms with Gasteiger partial charge in [0.2, 0.25) is 0 Å². The second-order valence-corrected chi connectivity index (χ2v) is 7.24. The molecule has 10 heteroatoms. The molecule has 1 saturated heterocycles. The summed E-state index contributed by atoms with van der Waals surface area (Å²) >= 11 is 0.715. The first-order chi connectivity index (χ1) is 13.8. The van der Waals surface area contributed by atoms with Crippen molar-refractivity contribution >= 4 is 46.3 Å². The monoisotopic (exact) mass is 412 g/mol. The predicted octanol–water partition coefficient (Wildman–Crippen LogP) is 3.04. The highest BCUT2D eigenvalue weighted by atomic mass is 32.2. The Morgan fingerprint density at radius 1 is 1.10 bits per heavy atom. The molecule has 0 spiro atoms. The van der Waals surface area contributed by atoms with Crippen LogP contribution < -0.4 is 10.3 Å². The van der Waals surface area contributed by atoms with Crippen LogP contribution in [0, 0.1) is 10.1 Å². The third-order valence-corrected chi connectivity index (χ3v) is 4.92. The first-order valence-electron chi connectivity index (χ1n) is 8.37. The van der Waals surface area contributed by atoms with Gasteiger partial charge in [0.05, 0.1) is 9.83 Å². The van der Waals surface area contributed by atoms with Gasteiger partial charge in [-0.2, -0.15) is 5.01 Å². The highest BCUT2D eigenvalue weighted by Gasteiger charge is 2.36. The van der Waals surface area contributed by atoms with Gasteiger partial charge in [-0.05, 0) is 47.7 Å². The quantitative estimate of drug-likeness (QED) is 0.456. The van der Waals surface area contributed by atoms with Crippen LogP contribution in [-0.2, 0) is 4.79 Å². The number of amides is 3. The van der Waals surface area contributed by atoms with E-state index in [1.807, 2.05) is 43.3 Å². The SMILES string of the molecule is CN(C)c1ccc(/C=C2\SC(=O)N(NC(=O)c3ccc([N+](=O)[O-])cc3)C2=O)cc1. The molecule has 0 radical (unpaired) electrons. The van der Waals surface area contributed by atoms with E-state index in [0.29, 0.717) is 16.8 Å². The minimum atomic E-state index is -0.723. The summed E-state index contributed by atoms with van der Waals surface area (Å²) in [6.07, 6.45) is 1.57. The Kier molecular flexibility index (Phi) is 5.64. The molecule has 0 unspecified atom stereocenters. The fourth-order valence-electron chi connectivity index (χ4n) is 2.48. The Balaban J connectivity index is 1.73. The van der Waals surface area contributed by atoms with E-state index in [-0.39, 0.29) is 16.2 Å². The van der Waals surface area contributed by atoms with Crippen LogP contribution in [0.3, 0.4) is 0 Å². The third-order valence-electron chi connectivity index (χ3n) is 4.05. The highest BCUT2D eigenvalue weighted by Crippen LogP contribution is 2.31. The van der Waals surface area contributed by atoms with Gasteiger partial charge in [0.15, 0.2) is 0 Å². The number of thioether (sulfide) groups is 1. The van der Waals surface area contributed by atoms with Crippen molar-refractivity contribution in [2.75, 3.05) is 19.0 Å². The number of nitrogens with one attached hydrogen (secondary N) is 1. The van der Waals surface area contributed by atoms with Crippen molar-refractivity contribution in [1.82, 2.24) is 10.4 Å². The van der Waals surface area contributed by atoms with Crippen molar-refractivity contribution in [3.05, 3.63) is 74.7 Å². The van der Waals surface area contributed by atoms with Gasteiger partial charge >= 0.3 is 5.24 Å². The van der Waals surface area contributed by atoms with E-state index in [4.69, 9.17) is 0 Å². The molecule has 29 heavy (non-hydrogen) atoms. The Bertz CT molecular complexity index is 1020. The zero-order valence-corrected chi connectivity index (χ0v) is 16.3. The van der Waals surface area contributed by atoms with Gasteiger partial charge in [0, 0.05) is 37.5 Å². The number of carbonyl (C=O) groups is 3. The van der Waals surface area contributed by atoms with Crippen LogP contribution in [0.1, 0.15) is 15.9 Å². The second-order valence-electron chi connectivity index (χ2n) is 6.25. The third kappa shape index (κ3) is 4.43. The number of carbonyl (C=O) groups excluding carboxylic acids is 3. The summed E-state index contributed by atoms with van der Waals surface area (Å²) in [7, 11) is 3.82. The van der Waals surface area contributed by atoms with Crippen LogP contribution in [0.15, 0.2) is 53.4 Å². The largest absolute Gasteiger partial charge is 0.378 e. The van der Waals surface area contributed by atoms with E-state index < -0.39 is 22.0 Å². The second kappa shape index (κ2) is 8.15. The van der Waals surface area contributed by atoms with Crippen molar-refractivity contribution in [3.8, 4) is 0 Å². The zero-order valence-electron chi connectivity index (χ0n) is 15.5. The average Bonchev–Trinajstić information content (AvgIpc) is 2.95. The number of hydrazine groups is 1. The van der Waals surface area contributed by atoms with Gasteiger partial charge in [-0.3, -0.25) is 29.9 Å². The molecule has 3 rings (SSSR count). The molecule has 1 aliphatic rings. The van der Waals surface area contributed by atoms with Crippen LogP contribution in [0.5, 0.6) is 0 Å². The summed E-state index contributed by atoms with van der Waals surface area (Å²) in [5, 5.41) is 10.7. The normalized spacial score (nSPS) is 15.0. The molecular formula is C19H16N4O5S. The summed E-state index contributed by atoms with van der Waals surface area (Å²) in [5.41, 5.74) is 3.88. The number of hydrogen-bond donors (Lipinski definition) is 1. The molecule has 1 heterocycles. The maximum absolute atomic E-state index is 12.5. The van der Waals surface area contributed by atoms with Gasteiger partial charge in [0.25, 0.3) is 17.5 Å². The van der Waals surface area contributed by atoms with Crippen molar-refractivity contribution in [1.29, 1.82) is 0 Å². The number of nitro benzene ring substituents is 1. The summed E-state index contributed by atoms with van der Waals surface area (Å²) in [5.74, 6) is -1.37. The molecule has 1 aliphatic heterocycles. The number of benzene rings is 2. The van der Waals surface area contributed by atoms with Gasteiger partial charge in [0.1, 0.15) is 0 Å². The number of hydrogen-bond acceptors (Lipinski definition) is 7. The minimum absolute atomic E-state index is 0.0814. The lowest BCUT2D eigenvalue weighted by molar-refractivity contribution is -0.384. The van der Waals surface area contributed by atoms with E-state index in [1.165, 1.54) is 24.3 Å². The summed E-state index contributed by atoms with van der Waals surface area (Å²) in [4.78, 5) is 49.1. The molecule has 3 amide bonds. The predicted molar refractivity (Wildman–Crippen MR) is 109 cm³/mol. The van der Waals surface area contributed by atoms with Crippen LogP contribution in [0.2, 0.25) is 0 Å². The Morgan fingerprint density at radius 3 is 2.28 bits per heavy atom. The molecule has 1 N–H and O–H groups in total. The van der Waals surface area contributed by atoms with Crippen molar-refractivity contribution in [3.63, 3.8) is 0 Å². The number of anilines is 1. The van der Waals surface area contributed by atoms with Gasteiger partial charge in [-0.25, -0.2) is 0 Å². The van der Waals surface area contributed by atoms with E-state index in [1.54, 1.807) is 6.08 Å². The molecule has 0 saturated carbocycles. The summed E-state index contributed by atoms with van der Waals surface area (Å²) < 4.78 is 0. The number of rotatable bonds is 5. The smallest absolute Gasteiger partial charge is 0.312 e. The van der Waals surface area contributed by atoms with Crippen molar-refractivity contribution in [2.45, 2.75) is 0 Å². The topological polar surface area (TPSA) is 113 Å². The van der Waals surface area contributed by atoms with Gasteiger partial charge in [-0.1, -0.05) is 12.1 Å². The van der Waals surface area contributed by atoms with E-state index in [0.717, 1.165) is 11.3 Å². The minimum Gasteiger partial charge on any atom is -0.378 e. The van der Waals surface area contributed by atoms with E-state index >= 15 is 0 Å². The highest BCUT2D eigenvalue weighted by molar-refractivity contribution is 8.18. The molecule has 148 valence electrons. The number of non-ortho nitro benzene ring substituents is 1. The Hall–Kier alpha value is -3.66. The molecule has 2 aromatic carbocycles. The first-order valence-corrected chi connectivity index (χ1v) is 9.18. The van der Waals surface area contributed by atoms with E-state index in [2.05, 4.69) is 5.43 Å². The lowest BCUT2D eigenvalue weighted by Gasteiger charge is -2.13. The van der Waals surface area contributed by atoms with Crippen LogP contribution >= 0.6 is 11.8 Å². The molecule has 0 aliphatic carbocycles. The maximum Gasteiger partial charge on any atom is 0.312 e.